The van der Waals surface area contributed by atoms with Gasteiger partial charge in [-0.15, -0.1) is 0 Å². The first-order chi connectivity index (χ1) is 8.19. The highest BCUT2D eigenvalue weighted by atomic mass is 16.5. The lowest BCUT2D eigenvalue weighted by Crippen LogP contribution is -2.46. The Morgan fingerprint density at radius 3 is 2.53 bits per heavy atom. The number of rotatable bonds is 10. The first-order valence-corrected chi connectivity index (χ1v) is 7.15. The lowest BCUT2D eigenvalue weighted by Gasteiger charge is -2.30. The minimum Gasteiger partial charge on any atom is -0.383 e. The lowest BCUT2D eigenvalue weighted by molar-refractivity contribution is 0.130. The molecule has 1 aliphatic rings. The van der Waals surface area contributed by atoms with Gasteiger partial charge in [0.2, 0.25) is 0 Å². The first-order valence-electron chi connectivity index (χ1n) is 7.15. The second-order valence-corrected chi connectivity index (χ2v) is 5.52. The molecule has 1 N–H and O–H groups in total. The summed E-state index contributed by atoms with van der Waals surface area (Å²) in [6, 6.07) is 1.45. The molecule has 0 amide bonds. The van der Waals surface area contributed by atoms with Crippen LogP contribution in [0.5, 0.6) is 0 Å². The van der Waals surface area contributed by atoms with E-state index in [1.807, 2.05) is 0 Å². The number of nitrogens with one attached hydrogen (secondary N) is 1. The second-order valence-electron chi connectivity index (χ2n) is 5.52. The van der Waals surface area contributed by atoms with Crippen molar-refractivity contribution in [2.45, 2.75) is 52.1 Å². The van der Waals surface area contributed by atoms with Crippen LogP contribution < -0.4 is 5.32 Å². The van der Waals surface area contributed by atoms with Crippen LogP contribution in [-0.2, 0) is 4.74 Å². The number of hydrogen-bond acceptors (Lipinski definition) is 3. The fourth-order valence-electron chi connectivity index (χ4n) is 2.16. The molecule has 0 heterocycles. The molecule has 0 bridgehead atoms. The smallest absolute Gasteiger partial charge is 0.0589 e. The van der Waals surface area contributed by atoms with Crippen molar-refractivity contribution in [1.82, 2.24) is 10.2 Å². The zero-order chi connectivity index (χ0) is 12.7. The fourth-order valence-corrected chi connectivity index (χ4v) is 2.16. The van der Waals surface area contributed by atoms with Crippen LogP contribution in [0.4, 0.5) is 0 Å². The third-order valence-electron chi connectivity index (χ3n) is 3.54. The Morgan fingerprint density at radius 2 is 2.06 bits per heavy atom. The molecule has 1 unspecified atom stereocenters. The van der Waals surface area contributed by atoms with Crippen molar-refractivity contribution in [3.8, 4) is 0 Å². The Balaban J connectivity index is 2.37. The molecule has 0 radical (unpaired) electrons. The van der Waals surface area contributed by atoms with Crippen molar-refractivity contribution in [3.63, 3.8) is 0 Å². The molecule has 1 atom stereocenters. The molecule has 0 saturated heterocycles. The van der Waals surface area contributed by atoms with Crippen LogP contribution in [0.15, 0.2) is 0 Å². The first kappa shape index (κ1) is 14.9. The molecule has 1 saturated carbocycles. The Labute approximate surface area is 107 Å². The van der Waals surface area contributed by atoms with Gasteiger partial charge in [-0.25, -0.2) is 0 Å². The Morgan fingerprint density at radius 1 is 1.35 bits per heavy atom. The van der Waals surface area contributed by atoms with Gasteiger partial charge in [-0.2, -0.15) is 0 Å². The summed E-state index contributed by atoms with van der Waals surface area (Å²) in [7, 11) is 1.79. The maximum absolute atomic E-state index is 5.21. The highest BCUT2D eigenvalue weighted by molar-refractivity contribution is 4.87. The van der Waals surface area contributed by atoms with Crippen molar-refractivity contribution < 1.29 is 4.74 Å². The van der Waals surface area contributed by atoms with Gasteiger partial charge in [0.15, 0.2) is 0 Å². The summed E-state index contributed by atoms with van der Waals surface area (Å²) in [4.78, 5) is 2.61. The molecule has 1 rings (SSSR count). The molecular formula is C14H30N2O. The van der Waals surface area contributed by atoms with Gasteiger partial charge in [-0.05, 0) is 31.7 Å². The normalized spacial score (nSPS) is 18.0. The summed E-state index contributed by atoms with van der Waals surface area (Å²) < 4.78 is 5.21. The number of ether oxygens (including phenoxy) is 1. The predicted octanol–water partition coefficient (Wildman–Crippen LogP) is 2.12. The summed E-state index contributed by atoms with van der Waals surface area (Å²) in [5.74, 6) is 0.699. The molecule has 17 heavy (non-hydrogen) atoms. The van der Waals surface area contributed by atoms with Crippen LogP contribution in [0.3, 0.4) is 0 Å². The summed E-state index contributed by atoms with van der Waals surface area (Å²) in [6.07, 6.45) is 3.97. The minimum absolute atomic E-state index is 0.618. The molecule has 0 spiro atoms. The van der Waals surface area contributed by atoms with E-state index in [-0.39, 0.29) is 0 Å². The third kappa shape index (κ3) is 5.84. The molecule has 0 aromatic heterocycles. The van der Waals surface area contributed by atoms with Gasteiger partial charge in [-0.1, -0.05) is 20.8 Å². The van der Waals surface area contributed by atoms with E-state index in [9.17, 15) is 0 Å². The number of nitrogens with zero attached hydrogens (tertiary/aromatic N) is 1. The van der Waals surface area contributed by atoms with E-state index >= 15 is 0 Å². The average Bonchev–Trinajstić information content (AvgIpc) is 3.12. The van der Waals surface area contributed by atoms with Gasteiger partial charge in [0.25, 0.3) is 0 Å². The zero-order valence-corrected chi connectivity index (χ0v) is 12.0. The van der Waals surface area contributed by atoms with Crippen LogP contribution in [0.1, 0.15) is 40.0 Å². The van der Waals surface area contributed by atoms with E-state index in [4.69, 9.17) is 4.74 Å². The average molecular weight is 242 g/mol. The van der Waals surface area contributed by atoms with E-state index in [0.29, 0.717) is 12.0 Å². The lowest BCUT2D eigenvalue weighted by atomic mass is 10.0. The van der Waals surface area contributed by atoms with Crippen molar-refractivity contribution in [2.24, 2.45) is 5.92 Å². The largest absolute Gasteiger partial charge is 0.383 e. The SMILES string of the molecule is CCCNC(CN(CCOC)C1CC1)C(C)C. The molecule has 0 aliphatic heterocycles. The molecule has 1 fully saturated rings. The summed E-state index contributed by atoms with van der Waals surface area (Å²) >= 11 is 0. The van der Waals surface area contributed by atoms with Crippen LogP contribution in [0, 0.1) is 5.92 Å². The zero-order valence-electron chi connectivity index (χ0n) is 12.0. The highest BCUT2D eigenvalue weighted by Crippen LogP contribution is 2.27. The van der Waals surface area contributed by atoms with Gasteiger partial charge < -0.3 is 10.1 Å². The Kier molecular flexibility index (Phi) is 7.09. The van der Waals surface area contributed by atoms with E-state index < -0.39 is 0 Å². The van der Waals surface area contributed by atoms with Gasteiger partial charge in [-0.3, -0.25) is 4.90 Å². The Bertz CT molecular complexity index is 181. The quantitative estimate of drug-likeness (QED) is 0.635. The standard InChI is InChI=1S/C14H30N2O/c1-5-8-15-14(12(2)3)11-16(9-10-17-4)13-6-7-13/h12-15H,5-11H2,1-4H3. The van der Waals surface area contributed by atoms with Crippen LogP contribution in [-0.4, -0.2) is 50.3 Å². The van der Waals surface area contributed by atoms with Gasteiger partial charge >= 0.3 is 0 Å². The van der Waals surface area contributed by atoms with Crippen molar-refractivity contribution >= 4 is 0 Å². The summed E-state index contributed by atoms with van der Waals surface area (Å²) in [5.41, 5.74) is 0. The monoisotopic (exact) mass is 242 g/mol. The van der Waals surface area contributed by atoms with Crippen molar-refractivity contribution in [2.75, 3.05) is 33.4 Å². The predicted molar refractivity (Wildman–Crippen MR) is 73.4 cm³/mol. The summed E-state index contributed by atoms with van der Waals surface area (Å²) in [5, 5.41) is 3.68. The number of hydrogen-bond donors (Lipinski definition) is 1. The number of methoxy groups -OCH3 is 1. The van der Waals surface area contributed by atoms with Crippen LogP contribution in [0.25, 0.3) is 0 Å². The van der Waals surface area contributed by atoms with Crippen molar-refractivity contribution in [1.29, 1.82) is 0 Å². The van der Waals surface area contributed by atoms with Crippen LogP contribution in [0.2, 0.25) is 0 Å². The molecule has 0 aromatic rings. The second kappa shape index (κ2) is 8.06. The molecule has 1 aliphatic carbocycles. The molecule has 3 nitrogen and oxygen atoms in total. The van der Waals surface area contributed by atoms with Crippen molar-refractivity contribution in [3.05, 3.63) is 0 Å². The summed E-state index contributed by atoms with van der Waals surface area (Å²) in [6.45, 7) is 11.1. The van der Waals surface area contributed by atoms with Gasteiger partial charge in [0, 0.05) is 32.3 Å². The maximum atomic E-state index is 5.21. The van der Waals surface area contributed by atoms with E-state index in [2.05, 4.69) is 31.0 Å². The van der Waals surface area contributed by atoms with E-state index in [0.717, 1.165) is 25.7 Å². The Hall–Kier alpha value is -0.120. The van der Waals surface area contributed by atoms with Gasteiger partial charge in [0.05, 0.1) is 6.61 Å². The fraction of sp³-hybridized carbons (Fsp3) is 1.00. The molecule has 0 aromatic carbocycles. The van der Waals surface area contributed by atoms with E-state index in [1.165, 1.54) is 25.8 Å². The topological polar surface area (TPSA) is 24.5 Å². The van der Waals surface area contributed by atoms with Gasteiger partial charge in [0.1, 0.15) is 0 Å². The van der Waals surface area contributed by atoms with Crippen LogP contribution >= 0.6 is 0 Å². The third-order valence-corrected chi connectivity index (χ3v) is 3.54. The van der Waals surface area contributed by atoms with E-state index in [1.54, 1.807) is 7.11 Å². The minimum atomic E-state index is 0.618. The maximum Gasteiger partial charge on any atom is 0.0589 e. The molecular weight excluding hydrogens is 212 g/mol. The molecule has 102 valence electrons. The highest BCUT2D eigenvalue weighted by Gasteiger charge is 2.30. The molecule has 3 heteroatoms.